The topological polar surface area (TPSA) is 0 Å². The largest absolute Gasteiger partial charge is 0.113 e. The fourth-order valence-corrected chi connectivity index (χ4v) is 0.377. The van der Waals surface area contributed by atoms with E-state index in [9.17, 15) is 0 Å². The fraction of sp³-hybridized carbons (Fsp3) is 0.333. The van der Waals surface area contributed by atoms with E-state index in [2.05, 4.69) is 19.2 Å². The van der Waals surface area contributed by atoms with Gasteiger partial charge in [0.2, 0.25) is 0 Å². The second-order valence-electron chi connectivity index (χ2n) is 1.19. The average Bonchev–Trinajstić information content (AvgIpc) is 1.68. The standard InChI is InChI=1S/C6H8Cl/c1-3-5-6(7)4-2/h1-3,5H2. The minimum absolute atomic E-state index is 0.676. The van der Waals surface area contributed by atoms with Crippen LogP contribution in [0.25, 0.3) is 0 Å². The molecule has 0 aromatic carbocycles. The summed E-state index contributed by atoms with van der Waals surface area (Å²) in [5, 5.41) is 0.676. The number of hydrogen-bond donors (Lipinski definition) is 0. The Morgan fingerprint density at radius 1 is 1.71 bits per heavy atom. The van der Waals surface area contributed by atoms with Crippen LogP contribution in [0.3, 0.4) is 0 Å². The van der Waals surface area contributed by atoms with Crippen LogP contribution < -0.4 is 0 Å². The molecule has 1 radical (unpaired) electrons. The van der Waals surface area contributed by atoms with E-state index in [0.717, 1.165) is 12.8 Å². The van der Waals surface area contributed by atoms with E-state index in [4.69, 9.17) is 11.6 Å². The normalized spacial score (nSPS) is 7.71. The van der Waals surface area contributed by atoms with Gasteiger partial charge in [-0.3, -0.25) is 0 Å². The van der Waals surface area contributed by atoms with Gasteiger partial charge in [0.15, 0.2) is 0 Å². The van der Waals surface area contributed by atoms with Gasteiger partial charge in [0.05, 0.1) is 5.03 Å². The Hall–Kier alpha value is -0.190. The van der Waals surface area contributed by atoms with Crippen LogP contribution in [0, 0.1) is 6.92 Å². The predicted octanol–water partition coefficient (Wildman–Crippen LogP) is 2.51. The summed E-state index contributed by atoms with van der Waals surface area (Å²) in [5.74, 6) is 0. The van der Waals surface area contributed by atoms with E-state index in [1.165, 1.54) is 0 Å². The first-order valence-corrected chi connectivity index (χ1v) is 2.52. The summed E-state index contributed by atoms with van der Waals surface area (Å²) in [5.41, 5.74) is 2.56. The maximum Gasteiger partial charge on any atom is 0.0591 e. The van der Waals surface area contributed by atoms with Crippen molar-refractivity contribution in [3.63, 3.8) is 0 Å². The minimum atomic E-state index is 0.676. The van der Waals surface area contributed by atoms with Crippen LogP contribution in [0.2, 0.25) is 0 Å². The highest BCUT2D eigenvalue weighted by atomic mass is 35.5. The molecule has 0 aliphatic heterocycles. The molecular formula is C6H8Cl. The SMILES string of the molecule is [CH2]CCC(Cl)=C=C. The van der Waals surface area contributed by atoms with Gasteiger partial charge in [-0.05, 0) is 12.8 Å². The summed E-state index contributed by atoms with van der Waals surface area (Å²) in [4.78, 5) is 0. The van der Waals surface area contributed by atoms with Crippen LogP contribution in [0.5, 0.6) is 0 Å². The van der Waals surface area contributed by atoms with Gasteiger partial charge in [0.25, 0.3) is 0 Å². The first-order valence-electron chi connectivity index (χ1n) is 2.15. The van der Waals surface area contributed by atoms with E-state index in [1.54, 1.807) is 0 Å². The molecule has 0 aliphatic carbocycles. The minimum Gasteiger partial charge on any atom is -0.113 e. The molecular weight excluding hydrogens is 108 g/mol. The van der Waals surface area contributed by atoms with Crippen molar-refractivity contribution in [1.82, 2.24) is 0 Å². The zero-order valence-electron chi connectivity index (χ0n) is 4.21. The van der Waals surface area contributed by atoms with Crippen LogP contribution in [0.15, 0.2) is 17.3 Å². The third kappa shape index (κ3) is 3.65. The zero-order chi connectivity index (χ0) is 5.70. The summed E-state index contributed by atoms with van der Waals surface area (Å²) in [6, 6.07) is 0. The van der Waals surface area contributed by atoms with Crippen molar-refractivity contribution in [2.45, 2.75) is 12.8 Å². The molecule has 1 heteroatoms. The second kappa shape index (κ2) is 3.98. The molecule has 0 spiro atoms. The van der Waals surface area contributed by atoms with Gasteiger partial charge in [-0.2, -0.15) is 0 Å². The molecule has 0 atom stereocenters. The maximum absolute atomic E-state index is 5.47. The van der Waals surface area contributed by atoms with Gasteiger partial charge in [-0.15, -0.1) is 5.73 Å². The summed E-state index contributed by atoms with van der Waals surface area (Å²) < 4.78 is 0. The molecule has 0 rings (SSSR count). The third-order valence-corrected chi connectivity index (χ3v) is 0.911. The molecule has 0 aliphatic rings. The van der Waals surface area contributed by atoms with Gasteiger partial charge >= 0.3 is 0 Å². The predicted molar refractivity (Wildman–Crippen MR) is 33.1 cm³/mol. The van der Waals surface area contributed by atoms with Gasteiger partial charge in [-0.1, -0.05) is 25.1 Å². The summed E-state index contributed by atoms with van der Waals surface area (Å²) in [6.07, 6.45) is 1.62. The third-order valence-electron chi connectivity index (χ3n) is 0.588. The first kappa shape index (κ1) is 6.81. The highest BCUT2D eigenvalue weighted by molar-refractivity contribution is 6.29. The lowest BCUT2D eigenvalue weighted by Crippen LogP contribution is -1.64. The molecule has 0 aromatic heterocycles. The Kier molecular flexibility index (Phi) is 3.87. The number of allylic oxidation sites excluding steroid dienone is 1. The number of rotatable bonds is 2. The molecule has 0 heterocycles. The van der Waals surface area contributed by atoms with Crippen molar-refractivity contribution in [2.24, 2.45) is 0 Å². The molecule has 0 saturated heterocycles. The molecule has 0 nitrogen and oxygen atoms in total. The van der Waals surface area contributed by atoms with Crippen molar-refractivity contribution in [3.05, 3.63) is 24.3 Å². The van der Waals surface area contributed by atoms with Crippen molar-refractivity contribution in [3.8, 4) is 0 Å². The van der Waals surface area contributed by atoms with E-state index in [0.29, 0.717) is 5.03 Å². The highest BCUT2D eigenvalue weighted by Gasteiger charge is 1.82. The Bertz CT molecular complexity index is 88.4. The van der Waals surface area contributed by atoms with Crippen LogP contribution in [0.1, 0.15) is 12.8 Å². The van der Waals surface area contributed by atoms with Gasteiger partial charge in [-0.25, -0.2) is 0 Å². The van der Waals surface area contributed by atoms with Crippen LogP contribution in [-0.2, 0) is 0 Å². The summed E-state index contributed by atoms with van der Waals surface area (Å²) >= 11 is 5.47. The lowest BCUT2D eigenvalue weighted by Gasteiger charge is -1.84. The molecule has 39 valence electrons. The van der Waals surface area contributed by atoms with E-state index >= 15 is 0 Å². The summed E-state index contributed by atoms with van der Waals surface area (Å²) in [7, 11) is 0. The molecule has 0 saturated carbocycles. The zero-order valence-corrected chi connectivity index (χ0v) is 4.96. The Morgan fingerprint density at radius 2 is 2.29 bits per heavy atom. The van der Waals surface area contributed by atoms with Crippen LogP contribution in [-0.4, -0.2) is 0 Å². The van der Waals surface area contributed by atoms with Crippen molar-refractivity contribution in [2.75, 3.05) is 0 Å². The molecule has 0 aromatic rings. The van der Waals surface area contributed by atoms with E-state index < -0.39 is 0 Å². The quantitative estimate of drug-likeness (QED) is 0.485. The molecule has 0 fully saturated rings. The summed E-state index contributed by atoms with van der Waals surface area (Å²) in [6.45, 7) is 6.96. The highest BCUT2D eigenvalue weighted by Crippen LogP contribution is 2.05. The van der Waals surface area contributed by atoms with Crippen LogP contribution >= 0.6 is 11.6 Å². The molecule has 7 heavy (non-hydrogen) atoms. The van der Waals surface area contributed by atoms with E-state index in [-0.39, 0.29) is 0 Å². The average molecular weight is 116 g/mol. The molecule has 0 amide bonds. The Labute approximate surface area is 49.5 Å². The van der Waals surface area contributed by atoms with Gasteiger partial charge in [0.1, 0.15) is 0 Å². The lowest BCUT2D eigenvalue weighted by molar-refractivity contribution is 1.03. The van der Waals surface area contributed by atoms with E-state index in [1.807, 2.05) is 0 Å². The Morgan fingerprint density at radius 3 is 2.43 bits per heavy atom. The lowest BCUT2D eigenvalue weighted by atomic mass is 10.3. The van der Waals surface area contributed by atoms with Crippen molar-refractivity contribution >= 4 is 11.6 Å². The van der Waals surface area contributed by atoms with Crippen molar-refractivity contribution in [1.29, 1.82) is 0 Å². The maximum atomic E-state index is 5.47. The second-order valence-corrected chi connectivity index (χ2v) is 1.64. The molecule has 0 N–H and O–H groups in total. The Balaban J connectivity index is 3.37. The number of halogens is 1. The number of hydrogen-bond acceptors (Lipinski definition) is 0. The van der Waals surface area contributed by atoms with Crippen molar-refractivity contribution < 1.29 is 0 Å². The monoisotopic (exact) mass is 115 g/mol. The smallest absolute Gasteiger partial charge is 0.0591 e. The van der Waals surface area contributed by atoms with Gasteiger partial charge in [0, 0.05) is 0 Å². The van der Waals surface area contributed by atoms with Gasteiger partial charge < -0.3 is 0 Å². The fourth-order valence-electron chi connectivity index (χ4n) is 0.244. The first-order chi connectivity index (χ1) is 3.31. The van der Waals surface area contributed by atoms with Crippen LogP contribution in [0.4, 0.5) is 0 Å². The molecule has 0 unspecified atom stereocenters. The molecule has 0 bridgehead atoms.